The summed E-state index contributed by atoms with van der Waals surface area (Å²) in [6.07, 6.45) is 3.75. The van der Waals surface area contributed by atoms with Gasteiger partial charge in [0.25, 0.3) is 0 Å². The molecule has 2 atom stereocenters. The predicted octanol–water partition coefficient (Wildman–Crippen LogP) is 3.02. The number of anilines is 1. The maximum Gasteiger partial charge on any atom is 0.326 e. The van der Waals surface area contributed by atoms with E-state index in [1.807, 2.05) is 19.2 Å². The van der Waals surface area contributed by atoms with Gasteiger partial charge in [-0.25, -0.2) is 14.2 Å². The second-order valence-electron chi connectivity index (χ2n) is 6.14. The number of urea groups is 1. The van der Waals surface area contributed by atoms with E-state index in [-0.39, 0.29) is 17.9 Å². The van der Waals surface area contributed by atoms with Crippen LogP contribution in [0.15, 0.2) is 42.6 Å². The van der Waals surface area contributed by atoms with Gasteiger partial charge in [-0.15, -0.1) is 0 Å². The summed E-state index contributed by atoms with van der Waals surface area (Å²) in [4.78, 5) is 20.3. The largest absolute Gasteiger partial charge is 0.326 e. The molecule has 2 aromatic rings. The van der Waals surface area contributed by atoms with Crippen LogP contribution in [0.1, 0.15) is 24.0 Å². The van der Waals surface area contributed by atoms with Gasteiger partial charge in [0.15, 0.2) is 0 Å². The first-order valence-corrected chi connectivity index (χ1v) is 7.93. The number of benzene rings is 1. The molecule has 0 bridgehead atoms. The molecular weight excluding hydrogens is 305 g/mol. The van der Waals surface area contributed by atoms with Crippen molar-refractivity contribution in [2.24, 2.45) is 0 Å². The molecule has 5 heteroatoms. The Labute approximate surface area is 139 Å². The second-order valence-corrected chi connectivity index (χ2v) is 6.14. The number of rotatable bonds is 1. The monoisotopic (exact) mass is 321 g/mol. The normalized spacial score (nSPS) is 21.8. The zero-order valence-electron chi connectivity index (χ0n) is 13.2. The highest BCUT2D eigenvalue weighted by molar-refractivity contribution is 5.95. The van der Waals surface area contributed by atoms with Gasteiger partial charge >= 0.3 is 6.03 Å². The highest BCUT2D eigenvalue weighted by Crippen LogP contribution is 2.38. The van der Waals surface area contributed by atoms with Gasteiger partial charge in [0.05, 0.1) is 12.1 Å². The van der Waals surface area contributed by atoms with Gasteiger partial charge in [0.1, 0.15) is 11.6 Å². The van der Waals surface area contributed by atoms with Crippen molar-refractivity contribution < 1.29 is 9.18 Å². The number of nitrogens with zero attached hydrogens (tertiary/aromatic N) is 3. The molecule has 1 saturated carbocycles. The Bertz CT molecular complexity index is 836. The maximum absolute atomic E-state index is 12.9. The van der Waals surface area contributed by atoms with Crippen molar-refractivity contribution in [1.82, 2.24) is 9.88 Å². The summed E-state index contributed by atoms with van der Waals surface area (Å²) in [5, 5.41) is 0. The summed E-state index contributed by atoms with van der Waals surface area (Å²) >= 11 is 0. The number of amides is 2. The topological polar surface area (TPSA) is 36.4 Å². The highest BCUT2D eigenvalue weighted by Gasteiger charge is 2.50. The molecule has 1 aromatic carbocycles. The van der Waals surface area contributed by atoms with Crippen LogP contribution in [0.4, 0.5) is 15.0 Å². The lowest BCUT2D eigenvalue weighted by Crippen LogP contribution is -2.45. The summed E-state index contributed by atoms with van der Waals surface area (Å²) in [5.74, 6) is 6.37. The molecule has 24 heavy (non-hydrogen) atoms. The smallest absolute Gasteiger partial charge is 0.322 e. The Morgan fingerprint density at radius 1 is 1.04 bits per heavy atom. The predicted molar refractivity (Wildman–Crippen MR) is 89.1 cm³/mol. The molecule has 120 valence electrons. The Kier molecular flexibility index (Phi) is 3.46. The third-order valence-electron chi connectivity index (χ3n) is 4.73. The van der Waals surface area contributed by atoms with Crippen LogP contribution in [0.25, 0.3) is 0 Å². The first-order valence-electron chi connectivity index (χ1n) is 7.93. The van der Waals surface area contributed by atoms with E-state index in [1.54, 1.807) is 28.1 Å². The van der Waals surface area contributed by atoms with Crippen LogP contribution < -0.4 is 4.90 Å². The van der Waals surface area contributed by atoms with E-state index in [0.717, 1.165) is 24.0 Å². The summed E-state index contributed by atoms with van der Waals surface area (Å²) in [7, 11) is 1.85. The Morgan fingerprint density at radius 3 is 2.29 bits per heavy atom. The van der Waals surface area contributed by atoms with Crippen LogP contribution >= 0.6 is 0 Å². The number of halogens is 1. The first kappa shape index (κ1) is 14.7. The Hall–Kier alpha value is -2.87. The van der Waals surface area contributed by atoms with E-state index in [4.69, 9.17) is 0 Å². The van der Waals surface area contributed by atoms with Crippen LogP contribution in [0.5, 0.6) is 0 Å². The van der Waals surface area contributed by atoms with E-state index < -0.39 is 0 Å². The van der Waals surface area contributed by atoms with Gasteiger partial charge in [0, 0.05) is 24.4 Å². The van der Waals surface area contributed by atoms with Crippen molar-refractivity contribution in [2.75, 3.05) is 11.9 Å². The van der Waals surface area contributed by atoms with Gasteiger partial charge < -0.3 is 4.90 Å². The number of carbonyl (C=O) groups excluding carboxylic acids is 1. The average Bonchev–Trinajstić information content (AvgIpc) is 2.74. The van der Waals surface area contributed by atoms with E-state index in [1.165, 1.54) is 12.1 Å². The molecule has 1 aliphatic carbocycles. The van der Waals surface area contributed by atoms with E-state index in [9.17, 15) is 9.18 Å². The highest BCUT2D eigenvalue weighted by atomic mass is 19.1. The second kappa shape index (κ2) is 5.64. The van der Waals surface area contributed by atoms with Crippen molar-refractivity contribution in [1.29, 1.82) is 0 Å². The fraction of sp³-hybridized carbons (Fsp3) is 0.263. The third kappa shape index (κ3) is 2.41. The molecule has 2 aliphatic rings. The number of fused-ring (bicyclic) bond motifs is 1. The third-order valence-corrected chi connectivity index (χ3v) is 4.73. The molecule has 4 rings (SSSR count). The van der Waals surface area contributed by atoms with Crippen molar-refractivity contribution in [3.05, 3.63) is 59.5 Å². The molecule has 1 saturated heterocycles. The number of hydrogen-bond acceptors (Lipinski definition) is 2. The minimum Gasteiger partial charge on any atom is -0.322 e. The van der Waals surface area contributed by atoms with Crippen LogP contribution in [-0.2, 0) is 0 Å². The Balaban J connectivity index is 1.53. The lowest BCUT2D eigenvalue weighted by molar-refractivity contribution is 0.196. The molecule has 2 unspecified atom stereocenters. The van der Waals surface area contributed by atoms with Crippen LogP contribution in [0.2, 0.25) is 0 Å². The van der Waals surface area contributed by atoms with Gasteiger partial charge in [0.2, 0.25) is 0 Å². The lowest BCUT2D eigenvalue weighted by Gasteiger charge is -2.35. The van der Waals surface area contributed by atoms with Crippen molar-refractivity contribution in [3.63, 3.8) is 0 Å². The van der Waals surface area contributed by atoms with Crippen molar-refractivity contribution in [3.8, 4) is 11.8 Å². The summed E-state index contributed by atoms with van der Waals surface area (Å²) in [6.45, 7) is 0. The van der Waals surface area contributed by atoms with Gasteiger partial charge in [-0.05, 0) is 49.2 Å². The number of hydrogen-bond donors (Lipinski definition) is 0. The molecule has 0 N–H and O–H groups in total. The lowest BCUT2D eigenvalue weighted by atomic mass is 9.86. The maximum atomic E-state index is 12.9. The quantitative estimate of drug-likeness (QED) is 0.757. The van der Waals surface area contributed by atoms with Crippen molar-refractivity contribution in [2.45, 2.75) is 24.9 Å². The zero-order chi connectivity index (χ0) is 16.7. The molecule has 2 heterocycles. The van der Waals surface area contributed by atoms with Crippen LogP contribution in [-0.4, -0.2) is 35.0 Å². The summed E-state index contributed by atoms with van der Waals surface area (Å²) in [6, 6.07) is 10.3. The number of likely N-dealkylation sites (N-methyl/N-ethyl adjacent to an activating group) is 1. The zero-order valence-corrected chi connectivity index (χ0v) is 13.2. The minimum absolute atomic E-state index is 0.0140. The fourth-order valence-electron chi connectivity index (χ4n) is 3.22. The van der Waals surface area contributed by atoms with Crippen molar-refractivity contribution >= 4 is 11.8 Å². The number of pyridine rings is 1. The van der Waals surface area contributed by atoms with E-state index >= 15 is 0 Å². The summed E-state index contributed by atoms with van der Waals surface area (Å²) in [5.41, 5.74) is 1.50. The average molecular weight is 321 g/mol. The van der Waals surface area contributed by atoms with E-state index in [0.29, 0.717) is 11.9 Å². The minimum atomic E-state index is -0.277. The fourth-order valence-corrected chi connectivity index (χ4v) is 3.22. The standard InChI is InChI=1S/C19H16FN3O/c1-22-16-9-10-17(16)23(19(22)24)18-11-6-14(12-21-18)3-2-13-4-7-15(20)8-5-13/h4-8,11-12,16-17H,9-10H2,1H3. The Morgan fingerprint density at radius 2 is 1.71 bits per heavy atom. The van der Waals surface area contributed by atoms with Gasteiger partial charge in [-0.3, -0.25) is 4.90 Å². The molecule has 0 radical (unpaired) electrons. The van der Waals surface area contributed by atoms with Gasteiger partial charge in [-0.2, -0.15) is 0 Å². The molecule has 1 aromatic heterocycles. The number of aromatic nitrogens is 1. The molecule has 4 nitrogen and oxygen atoms in total. The van der Waals surface area contributed by atoms with Gasteiger partial charge in [-0.1, -0.05) is 11.8 Å². The number of carbonyl (C=O) groups is 1. The van der Waals surface area contributed by atoms with E-state index in [2.05, 4.69) is 16.8 Å². The molecule has 2 amide bonds. The molecule has 1 aliphatic heterocycles. The summed E-state index contributed by atoms with van der Waals surface area (Å²) < 4.78 is 12.9. The SMILES string of the molecule is CN1C(=O)N(c2ccc(C#Cc3ccc(F)cc3)cn2)C2CCC21. The molecule has 0 spiro atoms. The first-order chi connectivity index (χ1) is 11.6. The van der Waals surface area contributed by atoms with Crippen LogP contribution in [0.3, 0.4) is 0 Å². The molecular formula is C19H16FN3O. The van der Waals surface area contributed by atoms with Crippen LogP contribution in [0, 0.1) is 17.7 Å². The molecule has 2 fully saturated rings.